The van der Waals surface area contributed by atoms with E-state index >= 15 is 0 Å². The molecule has 2 aromatic rings. The van der Waals surface area contributed by atoms with Crippen LogP contribution < -0.4 is 5.32 Å². The number of carbonyl (C=O) groups excluding carboxylic acids is 2. The van der Waals surface area contributed by atoms with E-state index < -0.39 is 22.5 Å². The van der Waals surface area contributed by atoms with Crippen molar-refractivity contribution in [3.8, 4) is 11.3 Å². The molecular weight excluding hydrogens is 438 g/mol. The molecule has 5 atom stereocenters. The van der Waals surface area contributed by atoms with Gasteiger partial charge in [-0.05, 0) is 59.8 Å². The van der Waals surface area contributed by atoms with Gasteiger partial charge in [0, 0.05) is 26.1 Å². The average molecular weight is 469 g/mol. The number of aromatic nitrogens is 2. The summed E-state index contributed by atoms with van der Waals surface area (Å²) in [5.74, 6) is -0.620. The van der Waals surface area contributed by atoms with Crippen LogP contribution in [0.15, 0.2) is 30.5 Å². The second-order valence-corrected chi connectivity index (χ2v) is 10.8. The van der Waals surface area contributed by atoms with Gasteiger partial charge in [0.15, 0.2) is 0 Å². The minimum atomic E-state index is -0.681. The summed E-state index contributed by atoms with van der Waals surface area (Å²) in [5.41, 5.74) is -0.204. The molecule has 1 aromatic heterocycles. The summed E-state index contributed by atoms with van der Waals surface area (Å²) in [4.78, 5) is 27.7. The van der Waals surface area contributed by atoms with Gasteiger partial charge in [-0.1, -0.05) is 26.8 Å². The third kappa shape index (κ3) is 3.25. The third-order valence-corrected chi connectivity index (χ3v) is 9.03. The molecule has 3 fully saturated rings. The van der Waals surface area contributed by atoms with Crippen molar-refractivity contribution in [2.45, 2.75) is 39.5 Å². The second-order valence-electron chi connectivity index (χ2n) is 10.8. The number of nitrogens with one attached hydrogen (secondary N) is 1. The summed E-state index contributed by atoms with van der Waals surface area (Å²) in [6, 6.07) is 5.44. The molecule has 1 aromatic carbocycles. The molecule has 6 nitrogen and oxygen atoms in total. The van der Waals surface area contributed by atoms with E-state index in [0.29, 0.717) is 19.5 Å². The number of hydrogen-bond donors (Lipinski definition) is 1. The number of likely N-dealkylation sites (tertiary alicyclic amines) is 1. The summed E-state index contributed by atoms with van der Waals surface area (Å²) in [6.45, 7) is 7.48. The van der Waals surface area contributed by atoms with Gasteiger partial charge in [-0.25, -0.2) is 8.78 Å². The molecule has 2 aliphatic carbocycles. The molecule has 34 heavy (non-hydrogen) atoms. The average Bonchev–Trinajstić information content (AvgIpc) is 3.18. The van der Waals surface area contributed by atoms with E-state index in [2.05, 4.69) is 29.4 Å². The maximum atomic E-state index is 14.4. The summed E-state index contributed by atoms with van der Waals surface area (Å²) in [7, 11) is 1.65. The van der Waals surface area contributed by atoms with Crippen LogP contribution in [-0.4, -0.2) is 47.0 Å². The lowest BCUT2D eigenvalue weighted by Crippen LogP contribution is -2.49. The predicted octanol–water partition coefficient (Wildman–Crippen LogP) is 3.78. The maximum absolute atomic E-state index is 14.4. The fraction of sp³-hybridized carbons (Fsp3) is 0.538. The van der Waals surface area contributed by atoms with Crippen LogP contribution in [-0.2, 0) is 9.59 Å². The lowest BCUT2D eigenvalue weighted by atomic mass is 9.63. The van der Waals surface area contributed by atoms with E-state index in [9.17, 15) is 18.4 Å². The fourth-order valence-electron chi connectivity index (χ4n) is 6.50. The van der Waals surface area contributed by atoms with Crippen molar-refractivity contribution in [1.29, 1.82) is 0 Å². The second kappa shape index (κ2) is 7.82. The normalized spacial score (nSPS) is 31.3. The van der Waals surface area contributed by atoms with Crippen LogP contribution in [0.1, 0.15) is 45.1 Å². The van der Waals surface area contributed by atoms with Crippen LogP contribution in [0.2, 0.25) is 0 Å². The Morgan fingerprint density at radius 1 is 1.12 bits per heavy atom. The highest BCUT2D eigenvalue weighted by molar-refractivity contribution is 5.86. The molecule has 1 N–H and O–H groups in total. The molecule has 2 amide bonds. The number of piperidine rings is 1. The highest BCUT2D eigenvalue weighted by atomic mass is 19.1. The lowest BCUT2D eigenvalue weighted by Gasteiger charge is -2.43. The first-order valence-electron chi connectivity index (χ1n) is 11.9. The molecule has 180 valence electrons. The first kappa shape index (κ1) is 22.9. The van der Waals surface area contributed by atoms with Gasteiger partial charge in [-0.15, -0.1) is 0 Å². The number of rotatable bonds is 4. The molecular formula is C26H30F2N4O2. The Hall–Kier alpha value is -2.90. The molecule has 0 bridgehead atoms. The number of carbonyl (C=O) groups is 2. The molecule has 2 heterocycles. The summed E-state index contributed by atoms with van der Waals surface area (Å²) in [6.07, 6.45) is 3.12. The number of amides is 2. The van der Waals surface area contributed by atoms with E-state index in [1.165, 1.54) is 18.2 Å². The standard InChI is InChI=1S/C26H30F2N4O2/c1-25(2)17(14-10-20(31-30-11-14)22-18(27)6-5-7-19(22)28)8-9-26(25,3)24(34)32-12-15-16(13-32)21(15)23(33)29-4/h5-7,10-11,15-17,21H,8-9,12-13H2,1-4H3,(H,29,33)/t15-,16+,17-,21?,26-/m1/s1. The van der Waals surface area contributed by atoms with Gasteiger partial charge >= 0.3 is 0 Å². The molecule has 1 saturated heterocycles. The van der Waals surface area contributed by atoms with Crippen molar-refractivity contribution in [2.24, 2.45) is 28.6 Å². The Morgan fingerprint density at radius 2 is 1.76 bits per heavy atom. The third-order valence-electron chi connectivity index (χ3n) is 9.03. The number of halogens is 2. The Bertz CT molecular complexity index is 1140. The first-order valence-corrected chi connectivity index (χ1v) is 11.9. The monoisotopic (exact) mass is 468 g/mol. The number of hydrogen-bond acceptors (Lipinski definition) is 4. The van der Waals surface area contributed by atoms with Gasteiger partial charge in [-0.2, -0.15) is 10.2 Å². The van der Waals surface area contributed by atoms with E-state index in [4.69, 9.17) is 0 Å². The number of fused-ring (bicyclic) bond motifs is 1. The van der Waals surface area contributed by atoms with E-state index in [1.807, 2.05) is 11.8 Å². The first-order chi connectivity index (χ1) is 16.1. The smallest absolute Gasteiger partial charge is 0.229 e. The maximum Gasteiger partial charge on any atom is 0.229 e. The Balaban J connectivity index is 1.38. The zero-order valence-corrected chi connectivity index (χ0v) is 19.9. The van der Waals surface area contributed by atoms with Gasteiger partial charge in [0.25, 0.3) is 0 Å². The summed E-state index contributed by atoms with van der Waals surface area (Å²) >= 11 is 0. The Morgan fingerprint density at radius 3 is 2.38 bits per heavy atom. The van der Waals surface area contributed by atoms with E-state index in [0.717, 1.165) is 12.0 Å². The largest absolute Gasteiger partial charge is 0.359 e. The minimum absolute atomic E-state index is 0.0127. The summed E-state index contributed by atoms with van der Waals surface area (Å²) in [5, 5.41) is 10.8. The molecule has 8 heteroatoms. The Kier molecular flexibility index (Phi) is 5.26. The lowest BCUT2D eigenvalue weighted by molar-refractivity contribution is -0.146. The van der Waals surface area contributed by atoms with Gasteiger partial charge in [0.05, 0.1) is 22.9 Å². The summed E-state index contributed by atoms with van der Waals surface area (Å²) < 4.78 is 28.7. The molecule has 0 spiro atoms. The number of nitrogens with zero attached hydrogens (tertiary/aromatic N) is 3. The van der Waals surface area contributed by atoms with E-state index in [1.54, 1.807) is 19.3 Å². The zero-order valence-electron chi connectivity index (χ0n) is 19.9. The van der Waals surface area contributed by atoms with Gasteiger partial charge in [0.1, 0.15) is 11.6 Å². The highest BCUT2D eigenvalue weighted by Crippen LogP contribution is 2.62. The van der Waals surface area contributed by atoms with Crippen LogP contribution in [0, 0.1) is 40.2 Å². The molecule has 0 radical (unpaired) electrons. The van der Waals surface area contributed by atoms with Crippen LogP contribution >= 0.6 is 0 Å². The SMILES string of the molecule is CNC(=O)C1[C@H]2CN(C(=O)[C@@]3(C)CC[C@H](c4cnnc(-c5c(F)cccc5F)c4)C3(C)C)C[C@@H]12. The van der Waals surface area contributed by atoms with Gasteiger partial charge in [0.2, 0.25) is 11.8 Å². The molecule has 1 unspecified atom stereocenters. The minimum Gasteiger partial charge on any atom is -0.359 e. The van der Waals surface area contributed by atoms with Gasteiger partial charge < -0.3 is 10.2 Å². The van der Waals surface area contributed by atoms with Crippen molar-refractivity contribution in [3.05, 3.63) is 47.7 Å². The van der Waals surface area contributed by atoms with Crippen LogP contribution in [0.25, 0.3) is 11.3 Å². The zero-order chi connectivity index (χ0) is 24.4. The quantitative estimate of drug-likeness (QED) is 0.741. The fourth-order valence-corrected chi connectivity index (χ4v) is 6.50. The highest BCUT2D eigenvalue weighted by Gasteiger charge is 2.63. The van der Waals surface area contributed by atoms with Crippen molar-refractivity contribution < 1.29 is 18.4 Å². The van der Waals surface area contributed by atoms with Crippen LogP contribution in [0.3, 0.4) is 0 Å². The van der Waals surface area contributed by atoms with Crippen molar-refractivity contribution in [1.82, 2.24) is 20.4 Å². The number of benzene rings is 1. The Labute approximate surface area is 198 Å². The van der Waals surface area contributed by atoms with Crippen LogP contribution in [0.4, 0.5) is 8.78 Å². The molecule has 5 rings (SSSR count). The van der Waals surface area contributed by atoms with E-state index in [-0.39, 0.29) is 46.7 Å². The van der Waals surface area contributed by atoms with Crippen molar-refractivity contribution >= 4 is 11.8 Å². The molecule has 2 saturated carbocycles. The van der Waals surface area contributed by atoms with Gasteiger partial charge in [-0.3, -0.25) is 9.59 Å². The molecule has 3 aliphatic rings. The van der Waals surface area contributed by atoms with Crippen LogP contribution in [0.5, 0.6) is 0 Å². The molecule has 1 aliphatic heterocycles. The topological polar surface area (TPSA) is 75.2 Å². The van der Waals surface area contributed by atoms with Crippen molar-refractivity contribution in [2.75, 3.05) is 20.1 Å². The van der Waals surface area contributed by atoms with Crippen molar-refractivity contribution in [3.63, 3.8) is 0 Å². The predicted molar refractivity (Wildman–Crippen MR) is 122 cm³/mol.